The van der Waals surface area contributed by atoms with Crippen LogP contribution in [0.25, 0.3) is 0 Å². The molecule has 0 saturated carbocycles. The Morgan fingerprint density at radius 3 is 2.90 bits per heavy atom. The molecule has 2 aromatic carbocycles. The van der Waals surface area contributed by atoms with Gasteiger partial charge in [-0.15, -0.1) is 0 Å². The summed E-state index contributed by atoms with van der Waals surface area (Å²) in [5.74, 6) is 0.0309. The number of rotatable bonds is 3. The lowest BCUT2D eigenvalue weighted by Gasteiger charge is -2.25. The number of hydrogen-bond acceptors (Lipinski definition) is 3. The summed E-state index contributed by atoms with van der Waals surface area (Å²) in [4.78, 5) is 2.22. The summed E-state index contributed by atoms with van der Waals surface area (Å²) in [5.41, 5.74) is 3.08. The monoisotopic (exact) mass is 286 g/mol. The highest BCUT2D eigenvalue weighted by molar-refractivity contribution is 5.55. The molecule has 0 amide bonds. The average molecular weight is 286 g/mol. The van der Waals surface area contributed by atoms with Gasteiger partial charge in [-0.25, -0.2) is 4.39 Å². The normalized spacial score (nSPS) is 14.5. The van der Waals surface area contributed by atoms with Crippen molar-refractivity contribution in [3.8, 4) is 5.75 Å². The van der Waals surface area contributed by atoms with Gasteiger partial charge >= 0.3 is 0 Å². The first-order chi connectivity index (χ1) is 10.3. The molecule has 4 heteroatoms. The van der Waals surface area contributed by atoms with Crippen LogP contribution < -0.4 is 15.0 Å². The maximum absolute atomic E-state index is 14.3. The summed E-state index contributed by atoms with van der Waals surface area (Å²) < 4.78 is 19.4. The van der Waals surface area contributed by atoms with Crippen molar-refractivity contribution in [3.05, 3.63) is 59.4 Å². The van der Waals surface area contributed by atoms with Gasteiger partial charge in [0, 0.05) is 37.4 Å². The van der Waals surface area contributed by atoms with Gasteiger partial charge in [0.1, 0.15) is 0 Å². The first-order valence-corrected chi connectivity index (χ1v) is 7.14. The molecule has 0 aromatic heterocycles. The maximum Gasteiger partial charge on any atom is 0.170 e. The number of nitrogens with zero attached hydrogens (tertiary/aromatic N) is 1. The van der Waals surface area contributed by atoms with Crippen molar-refractivity contribution in [1.29, 1.82) is 0 Å². The van der Waals surface area contributed by atoms with Crippen LogP contribution in [0.4, 0.5) is 10.1 Å². The van der Waals surface area contributed by atoms with Crippen LogP contribution in [0.2, 0.25) is 0 Å². The lowest BCUT2D eigenvalue weighted by molar-refractivity contribution is 0.384. The van der Waals surface area contributed by atoms with E-state index in [0.29, 0.717) is 17.9 Å². The molecule has 0 saturated heterocycles. The molecule has 3 rings (SSSR count). The van der Waals surface area contributed by atoms with Gasteiger partial charge in [0.25, 0.3) is 0 Å². The summed E-state index contributed by atoms with van der Waals surface area (Å²) in [5, 5.41) is 3.40. The van der Waals surface area contributed by atoms with Gasteiger partial charge in [-0.2, -0.15) is 0 Å². The van der Waals surface area contributed by atoms with E-state index < -0.39 is 0 Å². The molecular weight excluding hydrogens is 267 g/mol. The van der Waals surface area contributed by atoms with E-state index in [4.69, 9.17) is 4.74 Å². The second-order valence-corrected chi connectivity index (χ2v) is 5.16. The molecule has 1 heterocycles. The molecule has 2 aromatic rings. The minimum absolute atomic E-state index is 0.269. The lowest BCUT2D eigenvalue weighted by Crippen LogP contribution is -2.28. The largest absolute Gasteiger partial charge is 0.494 e. The van der Waals surface area contributed by atoms with Crippen LogP contribution in [-0.4, -0.2) is 20.2 Å². The molecule has 1 aliphatic heterocycles. The van der Waals surface area contributed by atoms with E-state index in [2.05, 4.69) is 22.3 Å². The Bertz CT molecular complexity index is 630. The van der Waals surface area contributed by atoms with Crippen LogP contribution in [0, 0.1) is 5.82 Å². The van der Waals surface area contributed by atoms with Crippen molar-refractivity contribution < 1.29 is 9.13 Å². The number of hydrogen-bond donors (Lipinski definition) is 1. The zero-order valence-corrected chi connectivity index (χ0v) is 12.1. The van der Waals surface area contributed by atoms with Gasteiger partial charge < -0.3 is 15.0 Å². The fourth-order valence-electron chi connectivity index (χ4n) is 2.73. The van der Waals surface area contributed by atoms with Gasteiger partial charge in [-0.3, -0.25) is 0 Å². The second-order valence-electron chi connectivity index (χ2n) is 5.16. The predicted octanol–water partition coefficient (Wildman–Crippen LogP) is 2.94. The Hall–Kier alpha value is -2.07. The summed E-state index contributed by atoms with van der Waals surface area (Å²) in [6.07, 6.45) is 0. The number of para-hydroxylation sites is 1. The molecule has 0 aliphatic carbocycles. The summed E-state index contributed by atoms with van der Waals surface area (Å²) in [6.45, 7) is 3.14. The van der Waals surface area contributed by atoms with E-state index in [1.807, 2.05) is 24.3 Å². The molecule has 0 spiro atoms. The fraction of sp³-hybridized carbons (Fsp3) is 0.294. The molecule has 0 unspecified atom stereocenters. The van der Waals surface area contributed by atoms with Crippen LogP contribution in [-0.2, 0) is 13.1 Å². The maximum atomic E-state index is 14.3. The number of halogens is 1. The Balaban J connectivity index is 1.91. The highest BCUT2D eigenvalue weighted by atomic mass is 19.1. The van der Waals surface area contributed by atoms with Crippen LogP contribution in [0.1, 0.15) is 11.1 Å². The van der Waals surface area contributed by atoms with Crippen molar-refractivity contribution >= 4 is 5.69 Å². The van der Waals surface area contributed by atoms with Gasteiger partial charge in [0.2, 0.25) is 0 Å². The minimum atomic E-state index is -0.269. The third-order valence-electron chi connectivity index (χ3n) is 3.83. The quantitative estimate of drug-likeness (QED) is 0.939. The molecule has 1 N–H and O–H groups in total. The summed E-state index contributed by atoms with van der Waals surface area (Å²) in [7, 11) is 1.49. The topological polar surface area (TPSA) is 24.5 Å². The Morgan fingerprint density at radius 2 is 2.05 bits per heavy atom. The SMILES string of the molecule is COc1cccc(CN2CCNCc3ccccc32)c1F. The fourth-order valence-corrected chi connectivity index (χ4v) is 2.73. The third-order valence-corrected chi connectivity index (χ3v) is 3.83. The number of methoxy groups -OCH3 is 1. The van der Waals surface area contributed by atoms with E-state index in [1.54, 1.807) is 6.07 Å². The second kappa shape index (κ2) is 6.14. The zero-order valence-electron chi connectivity index (χ0n) is 12.1. The number of nitrogens with one attached hydrogen (secondary N) is 1. The molecule has 0 bridgehead atoms. The van der Waals surface area contributed by atoms with Crippen molar-refractivity contribution in [1.82, 2.24) is 5.32 Å². The molecule has 1 aliphatic rings. The molecule has 110 valence electrons. The smallest absolute Gasteiger partial charge is 0.170 e. The molecular formula is C17H19FN2O. The molecule has 0 atom stereocenters. The first-order valence-electron chi connectivity index (χ1n) is 7.14. The van der Waals surface area contributed by atoms with E-state index >= 15 is 0 Å². The number of ether oxygens (including phenoxy) is 1. The van der Waals surface area contributed by atoms with Gasteiger partial charge in [-0.1, -0.05) is 30.3 Å². The molecule has 0 fully saturated rings. The third kappa shape index (κ3) is 2.85. The van der Waals surface area contributed by atoms with Crippen molar-refractivity contribution in [2.75, 3.05) is 25.1 Å². The zero-order chi connectivity index (χ0) is 14.7. The van der Waals surface area contributed by atoms with Crippen LogP contribution in [0.15, 0.2) is 42.5 Å². The summed E-state index contributed by atoms with van der Waals surface area (Å²) in [6, 6.07) is 13.6. The van der Waals surface area contributed by atoms with Crippen LogP contribution in [0.5, 0.6) is 5.75 Å². The van der Waals surface area contributed by atoms with Crippen LogP contribution >= 0.6 is 0 Å². The van der Waals surface area contributed by atoms with Crippen molar-refractivity contribution in [2.45, 2.75) is 13.1 Å². The minimum Gasteiger partial charge on any atom is -0.494 e. The number of fused-ring (bicyclic) bond motifs is 1. The highest BCUT2D eigenvalue weighted by Crippen LogP contribution is 2.26. The van der Waals surface area contributed by atoms with E-state index in [1.165, 1.54) is 18.4 Å². The Labute approximate surface area is 124 Å². The molecule has 3 nitrogen and oxygen atoms in total. The van der Waals surface area contributed by atoms with E-state index in [-0.39, 0.29) is 5.82 Å². The molecule has 0 radical (unpaired) electrons. The highest BCUT2D eigenvalue weighted by Gasteiger charge is 2.17. The summed E-state index contributed by atoms with van der Waals surface area (Å²) >= 11 is 0. The predicted molar refractivity (Wildman–Crippen MR) is 82.2 cm³/mol. The van der Waals surface area contributed by atoms with E-state index in [0.717, 1.165) is 19.6 Å². The lowest BCUT2D eigenvalue weighted by atomic mass is 10.1. The Kier molecular flexibility index (Phi) is 4.06. The van der Waals surface area contributed by atoms with Gasteiger partial charge in [0.15, 0.2) is 11.6 Å². The Morgan fingerprint density at radius 1 is 1.19 bits per heavy atom. The van der Waals surface area contributed by atoms with Gasteiger partial charge in [-0.05, 0) is 17.7 Å². The van der Waals surface area contributed by atoms with Crippen molar-refractivity contribution in [3.63, 3.8) is 0 Å². The molecule has 21 heavy (non-hydrogen) atoms. The van der Waals surface area contributed by atoms with E-state index in [9.17, 15) is 4.39 Å². The van der Waals surface area contributed by atoms with Crippen LogP contribution in [0.3, 0.4) is 0 Å². The number of anilines is 1. The standard InChI is InChI=1S/C17H19FN2O/c1-21-16-8-4-6-14(17(16)18)12-20-10-9-19-11-13-5-2-3-7-15(13)20/h2-8,19H,9-12H2,1H3. The average Bonchev–Trinajstić information content (AvgIpc) is 2.72. The van der Waals surface area contributed by atoms with Crippen molar-refractivity contribution in [2.24, 2.45) is 0 Å². The first kappa shape index (κ1) is 13.9. The van der Waals surface area contributed by atoms with Gasteiger partial charge in [0.05, 0.1) is 7.11 Å². The number of benzene rings is 2.